The van der Waals surface area contributed by atoms with Crippen LogP contribution < -0.4 is 5.32 Å². The van der Waals surface area contributed by atoms with Gasteiger partial charge in [-0.1, -0.05) is 13.0 Å². The van der Waals surface area contributed by atoms with Crippen LogP contribution in [0.1, 0.15) is 34.3 Å². The fourth-order valence-corrected chi connectivity index (χ4v) is 3.18. The molecule has 0 bridgehead atoms. The second kappa shape index (κ2) is 4.21. The molecule has 1 amide bonds. The summed E-state index contributed by atoms with van der Waals surface area (Å²) in [7, 11) is 0. The van der Waals surface area contributed by atoms with E-state index in [4.69, 9.17) is 11.8 Å². The van der Waals surface area contributed by atoms with Gasteiger partial charge < -0.3 is 5.32 Å². The molecule has 1 N–H and O–H groups in total. The number of hydrogen-bond donors (Lipinski definition) is 1. The second-order valence-corrected chi connectivity index (χ2v) is 5.39. The molecule has 3 rings (SSSR count). The molecule has 0 unspecified atom stereocenters. The summed E-state index contributed by atoms with van der Waals surface area (Å²) in [5.74, 6) is -0.650. The Labute approximate surface area is 110 Å². The number of benzene rings is 1. The fraction of sp³-hybridized carbons (Fsp3) is 0.462. The molecule has 3 nitrogen and oxygen atoms in total. The van der Waals surface area contributed by atoms with E-state index in [1.54, 1.807) is 4.42 Å². The third kappa shape index (κ3) is 1.71. The minimum Gasteiger partial charge on any atom is -0.347 e. The molecule has 2 heterocycles. The molecule has 96 valence electrons. The van der Waals surface area contributed by atoms with E-state index in [2.05, 4.69) is 5.32 Å². The number of nitrogens with one attached hydrogen (secondary N) is 1. The smallest absolute Gasteiger partial charge is 0.254 e. The molecule has 2 aliphatic rings. The summed E-state index contributed by atoms with van der Waals surface area (Å²) in [5.41, 5.74) is 1.93. The van der Waals surface area contributed by atoms with Gasteiger partial charge in [-0.15, -0.1) is 0 Å². The van der Waals surface area contributed by atoms with Crippen molar-refractivity contribution in [3.05, 3.63) is 34.6 Å². The molecule has 18 heavy (non-hydrogen) atoms. The van der Waals surface area contributed by atoms with Crippen molar-refractivity contribution < 1.29 is 9.18 Å². The predicted molar refractivity (Wildman–Crippen MR) is 67.2 cm³/mol. The van der Waals surface area contributed by atoms with Gasteiger partial charge in [0.2, 0.25) is 0 Å². The van der Waals surface area contributed by atoms with Crippen molar-refractivity contribution >= 4 is 17.7 Å². The quantitative estimate of drug-likeness (QED) is 0.791. The van der Waals surface area contributed by atoms with Gasteiger partial charge in [-0.3, -0.25) is 4.79 Å². The Kier molecular flexibility index (Phi) is 2.79. The number of carbonyl (C=O) groups is 1. The lowest BCUT2D eigenvalue weighted by molar-refractivity contribution is 0.0919. The Hall–Kier alpha value is -1.13. The van der Waals surface area contributed by atoms with Gasteiger partial charge in [0.15, 0.2) is 0 Å². The van der Waals surface area contributed by atoms with Gasteiger partial charge in [0, 0.05) is 19.0 Å². The van der Waals surface area contributed by atoms with E-state index in [1.807, 2.05) is 13.0 Å². The summed E-state index contributed by atoms with van der Waals surface area (Å²) >= 11 is 6.00. The Bertz CT molecular complexity index is 520. The third-order valence-corrected chi connectivity index (χ3v) is 4.08. The van der Waals surface area contributed by atoms with Crippen molar-refractivity contribution in [3.8, 4) is 0 Å². The highest BCUT2D eigenvalue weighted by Crippen LogP contribution is 2.36. The van der Waals surface area contributed by atoms with Crippen molar-refractivity contribution in [2.24, 2.45) is 0 Å². The summed E-state index contributed by atoms with van der Waals surface area (Å²) in [6.45, 7) is 3.23. The van der Waals surface area contributed by atoms with Crippen molar-refractivity contribution in [3.63, 3.8) is 0 Å². The SMILES string of the molecule is CCc1cc(F)c2c(c1)[C@H]1CN(Cl)C[C@@H]1NC2=O. The number of carbonyl (C=O) groups excluding carboxylic acids is 1. The van der Waals surface area contributed by atoms with E-state index < -0.39 is 5.82 Å². The zero-order chi connectivity index (χ0) is 12.9. The molecule has 1 aromatic rings. The van der Waals surface area contributed by atoms with Crippen LogP contribution in [0.15, 0.2) is 12.1 Å². The molecule has 0 saturated carbocycles. The third-order valence-electron chi connectivity index (χ3n) is 3.81. The minimum absolute atomic E-state index is 0.00555. The van der Waals surface area contributed by atoms with E-state index in [-0.39, 0.29) is 23.4 Å². The van der Waals surface area contributed by atoms with Gasteiger partial charge in [0.1, 0.15) is 5.82 Å². The van der Waals surface area contributed by atoms with E-state index >= 15 is 0 Å². The molecular weight excluding hydrogens is 255 g/mol. The van der Waals surface area contributed by atoms with Crippen LogP contribution in [0.5, 0.6) is 0 Å². The Balaban J connectivity index is 2.14. The molecule has 0 spiro atoms. The van der Waals surface area contributed by atoms with Gasteiger partial charge in [0.05, 0.1) is 11.6 Å². The van der Waals surface area contributed by atoms with Crippen LogP contribution in [-0.2, 0) is 6.42 Å². The van der Waals surface area contributed by atoms with Crippen molar-refractivity contribution in [1.82, 2.24) is 9.74 Å². The van der Waals surface area contributed by atoms with Crippen LogP contribution in [0.4, 0.5) is 4.39 Å². The van der Waals surface area contributed by atoms with Gasteiger partial charge in [-0.2, -0.15) is 0 Å². The van der Waals surface area contributed by atoms with Gasteiger partial charge in [-0.05, 0) is 35.4 Å². The highest BCUT2D eigenvalue weighted by Gasteiger charge is 2.41. The van der Waals surface area contributed by atoms with Crippen LogP contribution in [0.25, 0.3) is 0 Å². The van der Waals surface area contributed by atoms with E-state index in [0.717, 1.165) is 17.5 Å². The number of nitrogens with zero attached hydrogens (tertiary/aromatic N) is 1. The van der Waals surface area contributed by atoms with Crippen LogP contribution in [0.3, 0.4) is 0 Å². The maximum absolute atomic E-state index is 14.0. The maximum atomic E-state index is 14.0. The lowest BCUT2D eigenvalue weighted by Crippen LogP contribution is -2.44. The van der Waals surface area contributed by atoms with Crippen molar-refractivity contribution in [2.45, 2.75) is 25.3 Å². The van der Waals surface area contributed by atoms with Crippen LogP contribution in [0, 0.1) is 5.82 Å². The number of amides is 1. The maximum Gasteiger partial charge on any atom is 0.254 e. The highest BCUT2D eigenvalue weighted by molar-refractivity contribution is 6.13. The zero-order valence-electron chi connectivity index (χ0n) is 10.0. The number of hydrogen-bond acceptors (Lipinski definition) is 2. The first-order chi connectivity index (χ1) is 8.60. The highest BCUT2D eigenvalue weighted by atomic mass is 35.5. The monoisotopic (exact) mass is 268 g/mol. The number of aryl methyl sites for hydroxylation is 1. The summed E-state index contributed by atoms with van der Waals surface area (Å²) in [6.07, 6.45) is 0.758. The predicted octanol–water partition coefficient (Wildman–Crippen LogP) is 2.05. The standard InChI is InChI=1S/C13H14ClFN2O/c1-2-7-3-8-9-5-17(14)6-11(9)16-13(18)12(8)10(15)4-7/h3-4,9,11H,2,5-6H2,1H3,(H,16,18)/t9-,11+/m1/s1. The molecular formula is C13H14ClFN2O. The van der Waals surface area contributed by atoms with Crippen LogP contribution in [0.2, 0.25) is 0 Å². The average molecular weight is 269 g/mol. The molecule has 2 aliphatic heterocycles. The van der Waals surface area contributed by atoms with Crippen molar-refractivity contribution in [1.29, 1.82) is 0 Å². The number of halogens is 2. The normalized spacial score (nSPS) is 26.7. The molecule has 2 atom stereocenters. The average Bonchev–Trinajstić information content (AvgIpc) is 2.69. The van der Waals surface area contributed by atoms with Gasteiger partial charge in [-0.25, -0.2) is 8.81 Å². The summed E-state index contributed by atoms with van der Waals surface area (Å²) in [4.78, 5) is 11.9. The fourth-order valence-electron chi connectivity index (χ4n) is 2.88. The minimum atomic E-state index is -0.423. The summed E-state index contributed by atoms with van der Waals surface area (Å²) in [6, 6.07) is 3.39. The lowest BCUT2D eigenvalue weighted by atomic mass is 9.85. The van der Waals surface area contributed by atoms with Gasteiger partial charge >= 0.3 is 0 Å². The number of rotatable bonds is 1. The first-order valence-corrected chi connectivity index (χ1v) is 6.48. The Morgan fingerprint density at radius 3 is 3.00 bits per heavy atom. The molecule has 1 saturated heterocycles. The largest absolute Gasteiger partial charge is 0.347 e. The summed E-state index contributed by atoms with van der Waals surface area (Å²) < 4.78 is 15.7. The summed E-state index contributed by atoms with van der Waals surface area (Å²) in [5, 5.41) is 2.84. The first-order valence-electron chi connectivity index (χ1n) is 6.14. The molecule has 0 radical (unpaired) electrons. The van der Waals surface area contributed by atoms with Crippen molar-refractivity contribution in [2.75, 3.05) is 13.1 Å². The van der Waals surface area contributed by atoms with Crippen LogP contribution in [-0.4, -0.2) is 29.5 Å². The molecule has 1 fully saturated rings. The Morgan fingerprint density at radius 2 is 2.28 bits per heavy atom. The zero-order valence-corrected chi connectivity index (χ0v) is 10.8. The van der Waals surface area contributed by atoms with Crippen LogP contribution >= 0.6 is 11.8 Å². The first kappa shape index (κ1) is 11.9. The molecule has 1 aromatic carbocycles. The molecule has 5 heteroatoms. The molecule has 0 aromatic heterocycles. The lowest BCUT2D eigenvalue weighted by Gasteiger charge is -2.28. The van der Waals surface area contributed by atoms with E-state index in [0.29, 0.717) is 13.1 Å². The number of fused-ring (bicyclic) bond motifs is 3. The second-order valence-electron chi connectivity index (χ2n) is 4.91. The van der Waals surface area contributed by atoms with Gasteiger partial charge in [0.25, 0.3) is 5.91 Å². The topological polar surface area (TPSA) is 32.3 Å². The van der Waals surface area contributed by atoms with E-state index in [1.165, 1.54) is 6.07 Å². The van der Waals surface area contributed by atoms with E-state index in [9.17, 15) is 9.18 Å². The molecule has 0 aliphatic carbocycles. The Morgan fingerprint density at radius 1 is 1.50 bits per heavy atom.